The lowest BCUT2D eigenvalue weighted by molar-refractivity contribution is 0.0947. The van der Waals surface area contributed by atoms with Crippen LogP contribution in [0.2, 0.25) is 0 Å². The van der Waals surface area contributed by atoms with Gasteiger partial charge >= 0.3 is 0 Å². The van der Waals surface area contributed by atoms with Crippen molar-refractivity contribution >= 4 is 0 Å². The largest absolute Gasteiger partial charge is 0.497 e. The molecule has 0 aromatic heterocycles. The number of methoxy groups -OCH3 is 2. The van der Waals surface area contributed by atoms with Crippen LogP contribution in [0.3, 0.4) is 0 Å². The van der Waals surface area contributed by atoms with E-state index in [0.29, 0.717) is 0 Å². The van der Waals surface area contributed by atoms with E-state index in [9.17, 15) is 0 Å². The van der Waals surface area contributed by atoms with E-state index in [1.54, 1.807) is 14.2 Å². The van der Waals surface area contributed by atoms with Crippen LogP contribution >= 0.6 is 0 Å². The van der Waals surface area contributed by atoms with E-state index in [1.807, 2.05) is 6.07 Å². The monoisotopic (exact) mass is 291 g/mol. The molecule has 0 heterocycles. The molecule has 3 heteroatoms. The molecular formula is C18H29NO2. The van der Waals surface area contributed by atoms with E-state index >= 15 is 0 Å². The Balaban J connectivity index is 2.09. The Bertz CT molecular complexity index is 439. The van der Waals surface area contributed by atoms with Crippen LogP contribution in [0, 0.1) is 11.8 Å². The Morgan fingerprint density at radius 1 is 1.29 bits per heavy atom. The second kappa shape index (κ2) is 7.28. The summed E-state index contributed by atoms with van der Waals surface area (Å²) >= 11 is 0. The van der Waals surface area contributed by atoms with Gasteiger partial charge in [-0.2, -0.15) is 0 Å². The number of rotatable bonds is 8. The molecule has 0 bridgehead atoms. The number of hydrogen-bond acceptors (Lipinski definition) is 3. The molecule has 1 fully saturated rings. The Labute approximate surface area is 129 Å². The summed E-state index contributed by atoms with van der Waals surface area (Å²) in [6.07, 6.45) is 2.52. The first kappa shape index (κ1) is 16.3. The van der Waals surface area contributed by atoms with Crippen LogP contribution in [0.1, 0.15) is 32.3 Å². The predicted molar refractivity (Wildman–Crippen MR) is 87.0 cm³/mol. The van der Waals surface area contributed by atoms with Crippen molar-refractivity contribution in [3.63, 3.8) is 0 Å². The summed E-state index contributed by atoms with van der Waals surface area (Å²) in [6, 6.07) is 8.58. The molecule has 0 atom stereocenters. The van der Waals surface area contributed by atoms with E-state index in [4.69, 9.17) is 9.47 Å². The van der Waals surface area contributed by atoms with Crippen molar-refractivity contribution in [2.75, 3.05) is 33.9 Å². The van der Waals surface area contributed by atoms with Crippen molar-refractivity contribution in [3.8, 4) is 5.75 Å². The molecule has 0 amide bonds. The standard InChI is InChI=1S/C18H29NO2/c1-14(2)15-11-18(12-15,13-19-8-9-20-3)16-6-5-7-17(10-16)21-4/h5-7,10,14-15,19H,8-9,11-13H2,1-4H3. The SMILES string of the molecule is COCCNCC1(c2cccc(OC)c2)CC(C(C)C)C1. The van der Waals surface area contributed by atoms with Crippen molar-refractivity contribution in [2.24, 2.45) is 11.8 Å². The zero-order valence-electron chi connectivity index (χ0n) is 13.8. The van der Waals surface area contributed by atoms with E-state index < -0.39 is 0 Å². The van der Waals surface area contributed by atoms with Crippen LogP contribution < -0.4 is 10.1 Å². The van der Waals surface area contributed by atoms with Crippen molar-refractivity contribution in [1.29, 1.82) is 0 Å². The van der Waals surface area contributed by atoms with Gasteiger partial charge in [0.15, 0.2) is 0 Å². The van der Waals surface area contributed by atoms with Gasteiger partial charge in [0.25, 0.3) is 0 Å². The smallest absolute Gasteiger partial charge is 0.119 e. The molecule has 118 valence electrons. The van der Waals surface area contributed by atoms with Gasteiger partial charge in [0.1, 0.15) is 5.75 Å². The number of nitrogens with one attached hydrogen (secondary N) is 1. The molecule has 0 radical (unpaired) electrons. The van der Waals surface area contributed by atoms with Crippen molar-refractivity contribution < 1.29 is 9.47 Å². The van der Waals surface area contributed by atoms with E-state index in [1.165, 1.54) is 18.4 Å². The maximum atomic E-state index is 5.40. The molecule has 21 heavy (non-hydrogen) atoms. The minimum atomic E-state index is 0.261. The summed E-state index contributed by atoms with van der Waals surface area (Å²) in [4.78, 5) is 0. The molecule has 1 aliphatic carbocycles. The maximum Gasteiger partial charge on any atom is 0.119 e. The molecule has 1 aromatic rings. The lowest BCUT2D eigenvalue weighted by atomic mass is 9.56. The average molecular weight is 291 g/mol. The van der Waals surface area contributed by atoms with Crippen LogP contribution in [0.4, 0.5) is 0 Å². The Morgan fingerprint density at radius 3 is 2.67 bits per heavy atom. The third-order valence-electron chi connectivity index (χ3n) is 4.88. The molecular weight excluding hydrogens is 262 g/mol. The molecule has 0 saturated heterocycles. The van der Waals surface area contributed by atoms with E-state index in [2.05, 4.69) is 37.4 Å². The van der Waals surface area contributed by atoms with Gasteiger partial charge < -0.3 is 14.8 Å². The summed E-state index contributed by atoms with van der Waals surface area (Å²) in [7, 11) is 3.48. The first-order chi connectivity index (χ1) is 10.1. The average Bonchev–Trinajstić information content (AvgIpc) is 2.45. The molecule has 0 spiro atoms. The molecule has 2 rings (SSSR count). The lowest BCUT2D eigenvalue weighted by Crippen LogP contribution is -2.50. The quantitative estimate of drug-likeness (QED) is 0.746. The minimum Gasteiger partial charge on any atom is -0.497 e. The topological polar surface area (TPSA) is 30.5 Å². The van der Waals surface area contributed by atoms with Gasteiger partial charge in [0.05, 0.1) is 13.7 Å². The molecule has 1 saturated carbocycles. The van der Waals surface area contributed by atoms with Crippen LogP contribution in [0.25, 0.3) is 0 Å². The Kier molecular flexibility index (Phi) is 5.65. The van der Waals surface area contributed by atoms with Crippen molar-refractivity contribution in [3.05, 3.63) is 29.8 Å². The van der Waals surface area contributed by atoms with E-state index in [-0.39, 0.29) is 5.41 Å². The fourth-order valence-electron chi connectivity index (χ4n) is 3.35. The second-order valence-corrected chi connectivity index (χ2v) is 6.59. The zero-order valence-corrected chi connectivity index (χ0v) is 13.8. The molecule has 1 aliphatic rings. The van der Waals surface area contributed by atoms with Gasteiger partial charge in [-0.05, 0) is 42.4 Å². The highest BCUT2D eigenvalue weighted by molar-refractivity contribution is 5.36. The van der Waals surface area contributed by atoms with Crippen LogP contribution in [-0.2, 0) is 10.2 Å². The highest BCUT2D eigenvalue weighted by atomic mass is 16.5. The Hall–Kier alpha value is -1.06. The number of benzene rings is 1. The van der Waals surface area contributed by atoms with Crippen LogP contribution in [-0.4, -0.2) is 33.9 Å². The maximum absolute atomic E-state index is 5.40. The highest BCUT2D eigenvalue weighted by Crippen LogP contribution is 2.50. The zero-order chi connectivity index (χ0) is 15.3. The molecule has 0 unspecified atom stereocenters. The van der Waals surface area contributed by atoms with Gasteiger partial charge in [0, 0.05) is 25.6 Å². The number of ether oxygens (including phenoxy) is 2. The minimum absolute atomic E-state index is 0.261. The third kappa shape index (κ3) is 3.78. The third-order valence-corrected chi connectivity index (χ3v) is 4.88. The Morgan fingerprint density at radius 2 is 2.05 bits per heavy atom. The number of hydrogen-bond donors (Lipinski definition) is 1. The lowest BCUT2D eigenvalue weighted by Gasteiger charge is -2.50. The van der Waals surface area contributed by atoms with Gasteiger partial charge in [-0.1, -0.05) is 26.0 Å². The highest BCUT2D eigenvalue weighted by Gasteiger charge is 2.46. The van der Waals surface area contributed by atoms with Crippen LogP contribution in [0.5, 0.6) is 5.75 Å². The summed E-state index contributed by atoms with van der Waals surface area (Å²) in [5.74, 6) is 2.56. The van der Waals surface area contributed by atoms with E-state index in [0.717, 1.165) is 37.3 Å². The van der Waals surface area contributed by atoms with Crippen molar-refractivity contribution in [1.82, 2.24) is 5.32 Å². The fraction of sp³-hybridized carbons (Fsp3) is 0.667. The van der Waals surface area contributed by atoms with Gasteiger partial charge in [-0.3, -0.25) is 0 Å². The summed E-state index contributed by atoms with van der Waals surface area (Å²) in [5.41, 5.74) is 1.67. The molecule has 1 aromatic carbocycles. The van der Waals surface area contributed by atoms with Crippen LogP contribution in [0.15, 0.2) is 24.3 Å². The first-order valence-corrected chi connectivity index (χ1v) is 7.95. The molecule has 1 N–H and O–H groups in total. The molecule has 0 aliphatic heterocycles. The predicted octanol–water partition coefficient (Wildman–Crippen LogP) is 3.24. The normalized spacial score (nSPS) is 24.9. The van der Waals surface area contributed by atoms with Gasteiger partial charge in [-0.15, -0.1) is 0 Å². The van der Waals surface area contributed by atoms with Gasteiger partial charge in [0.2, 0.25) is 0 Å². The summed E-state index contributed by atoms with van der Waals surface area (Å²) < 4.78 is 10.5. The van der Waals surface area contributed by atoms with Gasteiger partial charge in [-0.25, -0.2) is 0 Å². The first-order valence-electron chi connectivity index (χ1n) is 7.95. The second-order valence-electron chi connectivity index (χ2n) is 6.59. The molecule has 3 nitrogen and oxygen atoms in total. The summed E-state index contributed by atoms with van der Waals surface area (Å²) in [6.45, 7) is 7.36. The van der Waals surface area contributed by atoms with Crippen molar-refractivity contribution in [2.45, 2.75) is 32.1 Å². The fourth-order valence-corrected chi connectivity index (χ4v) is 3.35. The summed E-state index contributed by atoms with van der Waals surface area (Å²) in [5, 5.41) is 3.56.